The molecule has 0 unspecified atom stereocenters. The summed E-state index contributed by atoms with van der Waals surface area (Å²) >= 11 is 0. The Kier molecular flexibility index (Phi) is 6.63. The van der Waals surface area contributed by atoms with Gasteiger partial charge in [-0.05, 0) is 13.3 Å². The van der Waals surface area contributed by atoms with Crippen LogP contribution in [0.1, 0.15) is 26.7 Å². The highest BCUT2D eigenvalue weighted by Gasteiger charge is 2.11. The predicted molar refractivity (Wildman–Crippen MR) is 72.3 cm³/mol. The first kappa shape index (κ1) is 15.2. The van der Waals surface area contributed by atoms with Gasteiger partial charge in [-0.2, -0.15) is 4.98 Å². The monoisotopic (exact) mass is 267 g/mol. The topological polar surface area (TPSA) is 64.5 Å². The van der Waals surface area contributed by atoms with E-state index in [4.69, 9.17) is 4.74 Å². The molecule has 0 atom stereocenters. The highest BCUT2D eigenvalue weighted by atomic mass is 16.5. The second kappa shape index (κ2) is 8.29. The van der Waals surface area contributed by atoms with Crippen LogP contribution in [0.4, 0.5) is 5.95 Å². The Morgan fingerprint density at radius 3 is 2.84 bits per heavy atom. The lowest BCUT2D eigenvalue weighted by Gasteiger charge is -2.20. The van der Waals surface area contributed by atoms with Crippen molar-refractivity contribution in [2.24, 2.45) is 0 Å². The van der Waals surface area contributed by atoms with Gasteiger partial charge in [0.1, 0.15) is 0 Å². The first-order valence-corrected chi connectivity index (χ1v) is 6.48. The second-order valence-corrected chi connectivity index (χ2v) is 3.95. The third-order valence-electron chi connectivity index (χ3n) is 2.55. The number of rotatable bonds is 8. The summed E-state index contributed by atoms with van der Waals surface area (Å²) in [6, 6.07) is 1.73. The highest BCUT2D eigenvalue weighted by molar-refractivity contribution is 5.69. The molecule has 0 N–H and O–H groups in total. The molecular formula is C13H21N3O3. The van der Waals surface area contributed by atoms with E-state index in [1.54, 1.807) is 12.3 Å². The number of hydrogen-bond donors (Lipinski definition) is 0. The number of nitrogens with zero attached hydrogens (tertiary/aromatic N) is 3. The fourth-order valence-electron chi connectivity index (χ4n) is 1.50. The summed E-state index contributed by atoms with van der Waals surface area (Å²) in [5.41, 5.74) is 0. The highest BCUT2D eigenvalue weighted by Crippen LogP contribution is 2.13. The summed E-state index contributed by atoms with van der Waals surface area (Å²) in [5, 5.41) is 0. The number of methoxy groups -OCH3 is 1. The molecule has 106 valence electrons. The second-order valence-electron chi connectivity index (χ2n) is 3.95. The zero-order valence-corrected chi connectivity index (χ0v) is 11.8. The fraction of sp³-hybridized carbons (Fsp3) is 0.615. The molecule has 0 aliphatic rings. The van der Waals surface area contributed by atoms with Crippen molar-refractivity contribution in [3.63, 3.8) is 0 Å². The van der Waals surface area contributed by atoms with E-state index < -0.39 is 0 Å². The summed E-state index contributed by atoms with van der Waals surface area (Å²) in [6.07, 6.45) is 2.90. The van der Waals surface area contributed by atoms with E-state index in [1.165, 1.54) is 7.11 Å². The van der Waals surface area contributed by atoms with Gasteiger partial charge in [0.15, 0.2) is 0 Å². The fourth-order valence-corrected chi connectivity index (χ4v) is 1.50. The first-order valence-electron chi connectivity index (χ1n) is 6.48. The van der Waals surface area contributed by atoms with Gasteiger partial charge >= 0.3 is 5.97 Å². The quantitative estimate of drug-likeness (QED) is 0.667. The standard InChI is InChI=1S/C13H21N3O3/c1-4-10-19-11-6-8-14-13(15-11)16(5-2)9-7-12(17)18-3/h6,8H,4-5,7,9-10H2,1-3H3. The van der Waals surface area contributed by atoms with Gasteiger partial charge in [-0.15, -0.1) is 0 Å². The lowest BCUT2D eigenvalue weighted by molar-refractivity contribution is -0.140. The van der Waals surface area contributed by atoms with Crippen LogP contribution in [0, 0.1) is 0 Å². The van der Waals surface area contributed by atoms with Crippen molar-refractivity contribution < 1.29 is 14.3 Å². The Morgan fingerprint density at radius 1 is 1.42 bits per heavy atom. The molecule has 6 nitrogen and oxygen atoms in total. The van der Waals surface area contributed by atoms with Crippen LogP contribution < -0.4 is 9.64 Å². The van der Waals surface area contributed by atoms with Crippen LogP contribution in [0.3, 0.4) is 0 Å². The van der Waals surface area contributed by atoms with Gasteiger partial charge in [0.25, 0.3) is 0 Å². The maximum Gasteiger partial charge on any atom is 0.307 e. The molecule has 19 heavy (non-hydrogen) atoms. The van der Waals surface area contributed by atoms with Gasteiger partial charge in [-0.1, -0.05) is 6.92 Å². The molecule has 0 aliphatic heterocycles. The molecule has 0 fully saturated rings. The third kappa shape index (κ3) is 5.11. The Hall–Kier alpha value is -1.85. The molecule has 0 aliphatic carbocycles. The van der Waals surface area contributed by atoms with Crippen LogP contribution in [0.5, 0.6) is 5.88 Å². The molecule has 0 amide bonds. The number of ether oxygens (including phenoxy) is 2. The predicted octanol–water partition coefficient (Wildman–Crippen LogP) is 1.65. The zero-order valence-electron chi connectivity index (χ0n) is 11.8. The Labute approximate surface area is 113 Å². The molecule has 1 rings (SSSR count). The van der Waals surface area contributed by atoms with Crippen molar-refractivity contribution in [1.29, 1.82) is 0 Å². The summed E-state index contributed by atoms with van der Waals surface area (Å²) in [6.45, 7) is 5.90. The molecule has 1 aromatic rings. The summed E-state index contributed by atoms with van der Waals surface area (Å²) < 4.78 is 10.1. The van der Waals surface area contributed by atoms with Crippen molar-refractivity contribution in [3.8, 4) is 5.88 Å². The smallest absolute Gasteiger partial charge is 0.307 e. The third-order valence-corrected chi connectivity index (χ3v) is 2.55. The molecule has 0 saturated carbocycles. The van der Waals surface area contributed by atoms with E-state index in [2.05, 4.69) is 14.7 Å². The minimum atomic E-state index is -0.239. The average Bonchev–Trinajstić information content (AvgIpc) is 2.46. The maximum absolute atomic E-state index is 11.2. The van der Waals surface area contributed by atoms with E-state index in [-0.39, 0.29) is 5.97 Å². The van der Waals surface area contributed by atoms with Crippen LogP contribution in [0.25, 0.3) is 0 Å². The maximum atomic E-state index is 11.2. The van der Waals surface area contributed by atoms with Gasteiger partial charge < -0.3 is 14.4 Å². The van der Waals surface area contributed by atoms with Crippen molar-refractivity contribution in [1.82, 2.24) is 9.97 Å². The molecule has 1 heterocycles. The average molecular weight is 267 g/mol. The molecule has 1 aromatic heterocycles. The molecular weight excluding hydrogens is 246 g/mol. The largest absolute Gasteiger partial charge is 0.478 e. The van der Waals surface area contributed by atoms with Crippen molar-refractivity contribution in [2.45, 2.75) is 26.7 Å². The Bertz CT molecular complexity index is 398. The molecule has 0 bridgehead atoms. The zero-order chi connectivity index (χ0) is 14.1. The number of anilines is 1. The van der Waals surface area contributed by atoms with Gasteiger partial charge in [0.05, 0.1) is 20.1 Å². The molecule has 0 spiro atoms. The van der Waals surface area contributed by atoms with Crippen LogP contribution in [0.15, 0.2) is 12.3 Å². The normalized spacial score (nSPS) is 10.1. The molecule has 0 radical (unpaired) electrons. The minimum absolute atomic E-state index is 0.239. The SMILES string of the molecule is CCCOc1ccnc(N(CC)CCC(=O)OC)n1. The van der Waals surface area contributed by atoms with Gasteiger partial charge in [0.2, 0.25) is 11.8 Å². The van der Waals surface area contributed by atoms with Crippen LogP contribution in [-0.2, 0) is 9.53 Å². The van der Waals surface area contributed by atoms with Crippen LogP contribution in [0.2, 0.25) is 0 Å². The number of esters is 1. The van der Waals surface area contributed by atoms with Gasteiger partial charge in [0, 0.05) is 25.4 Å². The molecule has 0 aromatic carbocycles. The summed E-state index contributed by atoms with van der Waals surface area (Å²) in [4.78, 5) is 21.6. The van der Waals surface area contributed by atoms with E-state index >= 15 is 0 Å². The summed E-state index contributed by atoms with van der Waals surface area (Å²) in [5.74, 6) is 0.889. The number of hydrogen-bond acceptors (Lipinski definition) is 6. The van der Waals surface area contributed by atoms with E-state index in [0.717, 1.165) is 6.42 Å². The van der Waals surface area contributed by atoms with Crippen LogP contribution >= 0.6 is 0 Å². The Morgan fingerprint density at radius 2 is 2.21 bits per heavy atom. The van der Waals surface area contributed by atoms with E-state index in [1.807, 2.05) is 18.7 Å². The summed E-state index contributed by atoms with van der Waals surface area (Å²) in [7, 11) is 1.38. The van der Waals surface area contributed by atoms with Crippen molar-refractivity contribution in [2.75, 3.05) is 31.7 Å². The minimum Gasteiger partial charge on any atom is -0.478 e. The van der Waals surface area contributed by atoms with E-state index in [0.29, 0.717) is 37.9 Å². The van der Waals surface area contributed by atoms with Crippen LogP contribution in [-0.4, -0.2) is 42.7 Å². The molecule has 0 saturated heterocycles. The van der Waals surface area contributed by atoms with Crippen molar-refractivity contribution in [3.05, 3.63) is 12.3 Å². The first-order chi connectivity index (χ1) is 9.21. The van der Waals surface area contributed by atoms with E-state index in [9.17, 15) is 4.79 Å². The van der Waals surface area contributed by atoms with Gasteiger partial charge in [-0.3, -0.25) is 4.79 Å². The van der Waals surface area contributed by atoms with Crippen molar-refractivity contribution >= 4 is 11.9 Å². The Balaban J connectivity index is 2.66. The lowest BCUT2D eigenvalue weighted by Crippen LogP contribution is -2.28. The number of carbonyl (C=O) groups is 1. The lowest BCUT2D eigenvalue weighted by atomic mass is 10.4. The molecule has 6 heteroatoms. The van der Waals surface area contributed by atoms with Gasteiger partial charge in [-0.25, -0.2) is 4.98 Å². The number of carbonyl (C=O) groups excluding carboxylic acids is 1. The number of aromatic nitrogens is 2.